The van der Waals surface area contributed by atoms with Gasteiger partial charge in [-0.2, -0.15) is 0 Å². The van der Waals surface area contributed by atoms with E-state index in [2.05, 4.69) is 172 Å². The van der Waals surface area contributed by atoms with E-state index < -0.39 is 0 Å². The van der Waals surface area contributed by atoms with Crippen LogP contribution in [0, 0.1) is 0 Å². The van der Waals surface area contributed by atoms with Crippen molar-refractivity contribution in [2.45, 2.75) is 6.54 Å². The summed E-state index contributed by atoms with van der Waals surface area (Å²) in [6.07, 6.45) is 0. The molecule has 216 valence electrons. The molecule has 0 bridgehead atoms. The summed E-state index contributed by atoms with van der Waals surface area (Å²) in [4.78, 5) is 0. The van der Waals surface area contributed by atoms with Crippen LogP contribution in [0.5, 0.6) is 0 Å². The first-order chi connectivity index (χ1) is 22.8. The maximum atomic E-state index is 3.61. The number of rotatable bonds is 3. The number of hydrogen-bond acceptors (Lipinski definition) is 1. The highest BCUT2D eigenvalue weighted by molar-refractivity contribution is 6.13. The minimum atomic E-state index is 0.832. The first-order valence-corrected chi connectivity index (χ1v) is 15.9. The Morgan fingerprint density at radius 2 is 1.02 bits per heavy atom. The SMILES string of the molecule is c1ccc(-n2c3cc(-c4cccc5c4-c4ccccc4NC5)ccc3c3ccc(-n4c5ccccc5c5ccccc54)cc32)cc1. The van der Waals surface area contributed by atoms with Crippen LogP contribution in [0.3, 0.4) is 0 Å². The molecule has 0 aliphatic carbocycles. The molecule has 2 aromatic heterocycles. The highest BCUT2D eigenvalue weighted by atomic mass is 15.0. The molecular weight excluding hydrogens is 558 g/mol. The number of fused-ring (bicyclic) bond motifs is 9. The molecule has 0 fully saturated rings. The summed E-state index contributed by atoms with van der Waals surface area (Å²) >= 11 is 0. The van der Waals surface area contributed by atoms with Gasteiger partial charge in [-0.15, -0.1) is 0 Å². The van der Waals surface area contributed by atoms with Crippen molar-refractivity contribution >= 4 is 49.3 Å². The number of nitrogens with zero attached hydrogens (tertiary/aromatic N) is 2. The first kappa shape index (κ1) is 25.3. The van der Waals surface area contributed by atoms with Gasteiger partial charge in [-0.1, -0.05) is 109 Å². The Bertz CT molecular complexity index is 2590. The Morgan fingerprint density at radius 1 is 0.413 bits per heavy atom. The van der Waals surface area contributed by atoms with Crippen LogP contribution in [0.2, 0.25) is 0 Å². The van der Waals surface area contributed by atoms with Gasteiger partial charge < -0.3 is 14.5 Å². The molecule has 0 saturated carbocycles. The van der Waals surface area contributed by atoms with Crippen LogP contribution in [0.1, 0.15) is 5.56 Å². The summed E-state index contributed by atoms with van der Waals surface area (Å²) in [7, 11) is 0. The molecule has 3 nitrogen and oxygen atoms in total. The number of aromatic nitrogens is 2. The third-order valence-electron chi connectivity index (χ3n) is 9.73. The Kier molecular flexibility index (Phi) is 5.34. The second-order valence-electron chi connectivity index (χ2n) is 12.2. The Morgan fingerprint density at radius 3 is 1.83 bits per heavy atom. The molecule has 7 aromatic carbocycles. The topological polar surface area (TPSA) is 21.9 Å². The number of anilines is 1. The molecule has 46 heavy (non-hydrogen) atoms. The van der Waals surface area contributed by atoms with Gasteiger partial charge in [0.25, 0.3) is 0 Å². The second kappa shape index (κ2) is 9.72. The number of para-hydroxylation sites is 4. The summed E-state index contributed by atoms with van der Waals surface area (Å²) in [5, 5.41) is 8.66. The lowest BCUT2D eigenvalue weighted by Gasteiger charge is -2.24. The van der Waals surface area contributed by atoms with E-state index in [0.29, 0.717) is 0 Å². The summed E-state index contributed by atoms with van der Waals surface area (Å²) in [5.74, 6) is 0. The minimum Gasteiger partial charge on any atom is -0.380 e. The normalized spacial score (nSPS) is 12.4. The summed E-state index contributed by atoms with van der Waals surface area (Å²) in [6.45, 7) is 0.832. The van der Waals surface area contributed by atoms with Crippen LogP contribution in [0.15, 0.2) is 158 Å². The molecule has 0 radical (unpaired) electrons. The van der Waals surface area contributed by atoms with Crippen molar-refractivity contribution in [3.8, 4) is 33.6 Å². The molecule has 3 heterocycles. The quantitative estimate of drug-likeness (QED) is 0.218. The number of benzene rings is 7. The van der Waals surface area contributed by atoms with Crippen LogP contribution in [0.4, 0.5) is 5.69 Å². The number of hydrogen-bond donors (Lipinski definition) is 1. The molecule has 0 saturated heterocycles. The fourth-order valence-electron chi connectivity index (χ4n) is 7.72. The summed E-state index contributed by atoms with van der Waals surface area (Å²) in [6, 6.07) is 57.6. The average Bonchev–Trinajstić information content (AvgIpc) is 3.63. The van der Waals surface area contributed by atoms with Crippen LogP contribution >= 0.6 is 0 Å². The van der Waals surface area contributed by atoms with Gasteiger partial charge in [-0.25, -0.2) is 0 Å². The van der Waals surface area contributed by atoms with Gasteiger partial charge >= 0.3 is 0 Å². The Balaban J connectivity index is 1.25. The molecule has 10 rings (SSSR count). The van der Waals surface area contributed by atoms with E-state index >= 15 is 0 Å². The van der Waals surface area contributed by atoms with E-state index in [4.69, 9.17) is 0 Å². The Labute approximate surface area is 266 Å². The highest BCUT2D eigenvalue weighted by Gasteiger charge is 2.21. The van der Waals surface area contributed by atoms with Gasteiger partial charge in [0.05, 0.1) is 22.1 Å². The number of nitrogens with one attached hydrogen (secondary N) is 1. The summed E-state index contributed by atoms with van der Waals surface area (Å²) in [5.41, 5.74) is 14.8. The van der Waals surface area contributed by atoms with E-state index in [-0.39, 0.29) is 0 Å². The maximum Gasteiger partial charge on any atom is 0.0561 e. The minimum absolute atomic E-state index is 0.832. The summed E-state index contributed by atoms with van der Waals surface area (Å²) < 4.78 is 4.85. The van der Waals surface area contributed by atoms with E-state index in [1.165, 1.54) is 77.1 Å². The lowest BCUT2D eigenvalue weighted by atomic mass is 9.87. The van der Waals surface area contributed by atoms with Gasteiger partial charge in [0.2, 0.25) is 0 Å². The van der Waals surface area contributed by atoms with Crippen LogP contribution < -0.4 is 5.32 Å². The lowest BCUT2D eigenvalue weighted by molar-refractivity contribution is 1.13. The molecule has 9 aromatic rings. The zero-order valence-electron chi connectivity index (χ0n) is 25.1. The van der Waals surface area contributed by atoms with Crippen molar-refractivity contribution in [3.05, 3.63) is 163 Å². The van der Waals surface area contributed by atoms with Crippen molar-refractivity contribution < 1.29 is 0 Å². The highest BCUT2D eigenvalue weighted by Crippen LogP contribution is 2.44. The fraction of sp³-hybridized carbons (Fsp3) is 0.0233. The first-order valence-electron chi connectivity index (χ1n) is 15.9. The van der Waals surface area contributed by atoms with E-state index in [1.807, 2.05) is 0 Å². The molecular formula is C43H29N3. The van der Waals surface area contributed by atoms with Crippen LogP contribution in [-0.2, 0) is 6.54 Å². The molecule has 0 atom stereocenters. The van der Waals surface area contributed by atoms with Crippen molar-refractivity contribution in [1.29, 1.82) is 0 Å². The van der Waals surface area contributed by atoms with E-state index in [1.54, 1.807) is 0 Å². The predicted molar refractivity (Wildman–Crippen MR) is 193 cm³/mol. The molecule has 3 heteroatoms. The molecule has 1 N–H and O–H groups in total. The van der Waals surface area contributed by atoms with Gasteiger partial charge in [0.1, 0.15) is 0 Å². The second-order valence-corrected chi connectivity index (χ2v) is 12.2. The van der Waals surface area contributed by atoms with Gasteiger partial charge in [-0.05, 0) is 70.8 Å². The average molecular weight is 588 g/mol. The van der Waals surface area contributed by atoms with Gasteiger partial charge in [-0.3, -0.25) is 0 Å². The molecule has 0 unspecified atom stereocenters. The van der Waals surface area contributed by atoms with E-state index in [0.717, 1.165) is 17.9 Å². The van der Waals surface area contributed by atoms with Crippen LogP contribution in [0.25, 0.3) is 77.2 Å². The zero-order chi connectivity index (χ0) is 30.2. The molecule has 0 spiro atoms. The van der Waals surface area contributed by atoms with Gasteiger partial charge in [0.15, 0.2) is 0 Å². The largest absolute Gasteiger partial charge is 0.380 e. The molecule has 1 aliphatic heterocycles. The van der Waals surface area contributed by atoms with Gasteiger partial charge in [0, 0.05) is 50.7 Å². The van der Waals surface area contributed by atoms with Crippen molar-refractivity contribution in [1.82, 2.24) is 9.13 Å². The Hall–Kier alpha value is -6.06. The molecule has 1 aliphatic rings. The monoisotopic (exact) mass is 587 g/mol. The fourth-order valence-corrected chi connectivity index (χ4v) is 7.72. The smallest absolute Gasteiger partial charge is 0.0561 e. The molecule has 0 amide bonds. The predicted octanol–water partition coefficient (Wildman–Crippen LogP) is 11.1. The van der Waals surface area contributed by atoms with Crippen LogP contribution in [-0.4, -0.2) is 9.13 Å². The maximum absolute atomic E-state index is 3.61. The lowest BCUT2D eigenvalue weighted by Crippen LogP contribution is -2.09. The van der Waals surface area contributed by atoms with E-state index in [9.17, 15) is 0 Å². The van der Waals surface area contributed by atoms with Crippen molar-refractivity contribution in [3.63, 3.8) is 0 Å². The zero-order valence-corrected chi connectivity index (χ0v) is 25.1. The van der Waals surface area contributed by atoms with Crippen molar-refractivity contribution in [2.24, 2.45) is 0 Å². The van der Waals surface area contributed by atoms with Crippen molar-refractivity contribution in [2.75, 3.05) is 5.32 Å². The third-order valence-corrected chi connectivity index (χ3v) is 9.73. The third kappa shape index (κ3) is 3.60. The standard InChI is InChI=1S/C43H29N3/c1-2-12-30(13-3-1)45-41-25-28(32-17-10-11-29-27-44-38-18-7-4-16-37(38)43(29)32)21-23-35(41)36-24-22-31(26-42(36)45)46-39-19-8-5-14-33(39)34-15-6-9-20-40(34)46/h1-26,44H,27H2.